The van der Waals surface area contributed by atoms with Gasteiger partial charge in [-0.3, -0.25) is 4.98 Å². The van der Waals surface area contributed by atoms with E-state index in [1.807, 2.05) is 12.4 Å². The van der Waals surface area contributed by atoms with Crippen LogP contribution in [0.5, 0.6) is 11.5 Å². The molecule has 0 atom stereocenters. The lowest BCUT2D eigenvalue weighted by Gasteiger charge is -2.48. The first-order valence-electron chi connectivity index (χ1n) is 20.4. The van der Waals surface area contributed by atoms with Gasteiger partial charge < -0.3 is 9.64 Å². The van der Waals surface area contributed by atoms with Crippen LogP contribution in [0, 0.1) is 0 Å². The zero-order valence-electron chi connectivity index (χ0n) is 32.2. The van der Waals surface area contributed by atoms with Crippen LogP contribution in [0.1, 0.15) is 0 Å². The predicted molar refractivity (Wildman–Crippen MR) is 250 cm³/mol. The van der Waals surface area contributed by atoms with Gasteiger partial charge in [0, 0.05) is 29.5 Å². The van der Waals surface area contributed by atoms with Crippen LogP contribution < -0.4 is 63.2 Å². The molecule has 1 aromatic heterocycles. The number of hydrogen-bond donors (Lipinski definition) is 0. The van der Waals surface area contributed by atoms with Crippen LogP contribution >= 0.6 is 0 Å². The van der Waals surface area contributed by atoms with Crippen molar-refractivity contribution < 1.29 is 4.74 Å². The normalized spacial score (nSPS) is 13.6. The molecule has 3 aliphatic rings. The summed E-state index contributed by atoms with van der Waals surface area (Å²) in [6.45, 7) is 0.187. The number of hydrogen-bond acceptors (Lipinski definition) is 3. The number of aromatic nitrogens is 1. The minimum absolute atomic E-state index is 0.0708. The molecule has 3 aliphatic heterocycles. The third-order valence-electron chi connectivity index (χ3n) is 12.9. The first-order valence-corrected chi connectivity index (χ1v) is 22.4. The monoisotopic (exact) mass is 766 g/mol. The third-order valence-corrected chi connectivity index (χ3v) is 17.9. The highest BCUT2D eigenvalue weighted by Gasteiger charge is 2.56. The summed E-state index contributed by atoms with van der Waals surface area (Å²) in [4.78, 5) is 6.55. The molecule has 0 saturated heterocycles. The fourth-order valence-corrected chi connectivity index (χ4v) is 16.3. The molecular weight excluding hydrogens is 730 g/mol. The van der Waals surface area contributed by atoms with Crippen LogP contribution in [0.4, 0.5) is 17.1 Å². The Labute approximate surface area is 346 Å². The van der Waals surface area contributed by atoms with Gasteiger partial charge in [0.25, 0.3) is 6.71 Å². The molecule has 0 bridgehead atoms. The van der Waals surface area contributed by atoms with E-state index in [1.54, 1.807) is 0 Å². The molecule has 0 radical (unpaired) electrons. The Bertz CT molecular complexity index is 2980. The molecule has 4 heterocycles. The third kappa shape index (κ3) is 5.06. The second-order valence-electron chi connectivity index (χ2n) is 15.8. The van der Waals surface area contributed by atoms with Gasteiger partial charge in [-0.1, -0.05) is 180 Å². The standard InChI is InChI=1S/C53H36B2N2OSi/c1-2-16-40(17-3-1)57(42-32-34-56-35-33-42)41-30-28-37(29-31-41)38-14-12-15-39(36-38)54-44-19-5-9-24-49(44)59(50-25-10-6-20-45(50)54)51-26-11-7-21-46(51)55-43-18-4-8-22-47(43)58-48-23-13-27-52(59)53(48)55/h1-36H. The van der Waals surface area contributed by atoms with Crippen molar-refractivity contribution in [1.82, 2.24) is 4.98 Å². The topological polar surface area (TPSA) is 25.4 Å². The Kier molecular flexibility index (Phi) is 7.75. The minimum atomic E-state index is -2.84. The van der Waals surface area contributed by atoms with Gasteiger partial charge in [-0.25, -0.2) is 0 Å². The molecule has 59 heavy (non-hydrogen) atoms. The van der Waals surface area contributed by atoms with Crippen molar-refractivity contribution in [2.24, 2.45) is 0 Å². The van der Waals surface area contributed by atoms with Crippen LogP contribution in [-0.4, -0.2) is 26.5 Å². The van der Waals surface area contributed by atoms with E-state index in [0.29, 0.717) is 0 Å². The van der Waals surface area contributed by atoms with Crippen LogP contribution in [0.25, 0.3) is 11.1 Å². The van der Waals surface area contributed by atoms with Crippen molar-refractivity contribution in [3.63, 3.8) is 0 Å². The number of para-hydroxylation sites is 2. The second kappa shape index (κ2) is 13.5. The van der Waals surface area contributed by atoms with Crippen LogP contribution in [0.15, 0.2) is 219 Å². The van der Waals surface area contributed by atoms with Crippen molar-refractivity contribution in [2.75, 3.05) is 4.90 Å². The number of pyridine rings is 1. The molecule has 0 aliphatic carbocycles. The van der Waals surface area contributed by atoms with Gasteiger partial charge in [0.15, 0.2) is 8.07 Å². The number of nitrogens with zero attached hydrogens (tertiary/aromatic N) is 2. The fourth-order valence-electron chi connectivity index (χ4n) is 10.6. The summed E-state index contributed by atoms with van der Waals surface area (Å²) in [5, 5.41) is 5.86. The molecule has 0 fully saturated rings. The predicted octanol–water partition coefficient (Wildman–Crippen LogP) is 5.36. The molecule has 6 heteroatoms. The summed E-state index contributed by atoms with van der Waals surface area (Å²) in [7, 11) is -2.84. The Morgan fingerprint density at radius 1 is 0.390 bits per heavy atom. The highest BCUT2D eigenvalue weighted by atomic mass is 28.3. The number of rotatable bonds is 5. The molecule has 0 saturated carbocycles. The van der Waals surface area contributed by atoms with Gasteiger partial charge in [-0.2, -0.15) is 0 Å². The summed E-state index contributed by atoms with van der Waals surface area (Å²) in [5.74, 6) is 1.94. The molecule has 0 unspecified atom stereocenters. The molecule has 274 valence electrons. The zero-order chi connectivity index (χ0) is 38.9. The van der Waals surface area contributed by atoms with Crippen molar-refractivity contribution >= 4 is 92.1 Å². The van der Waals surface area contributed by atoms with Crippen molar-refractivity contribution in [3.8, 4) is 22.6 Å². The van der Waals surface area contributed by atoms with Gasteiger partial charge in [0.2, 0.25) is 6.71 Å². The summed E-state index contributed by atoms with van der Waals surface area (Å²) < 4.78 is 6.78. The maximum Gasteiger partial charge on any atom is 0.250 e. The van der Waals surface area contributed by atoms with Crippen LogP contribution in [0.2, 0.25) is 0 Å². The molecule has 0 N–H and O–H groups in total. The maximum atomic E-state index is 6.78. The van der Waals surface area contributed by atoms with Crippen molar-refractivity contribution in [3.05, 3.63) is 219 Å². The Morgan fingerprint density at radius 3 is 1.61 bits per heavy atom. The van der Waals surface area contributed by atoms with E-state index in [9.17, 15) is 0 Å². The summed E-state index contributed by atoms with van der Waals surface area (Å²) in [6, 6.07) is 76.3. The Hall–Kier alpha value is -7.14. The van der Waals surface area contributed by atoms with Gasteiger partial charge in [-0.15, -0.1) is 0 Å². The average molecular weight is 767 g/mol. The first-order chi connectivity index (χ1) is 29.3. The minimum Gasteiger partial charge on any atom is -0.458 e. The molecule has 1 spiro atoms. The Morgan fingerprint density at radius 2 is 0.915 bits per heavy atom. The quantitative estimate of drug-likeness (QED) is 0.221. The molecule has 8 aromatic carbocycles. The SMILES string of the molecule is c1ccc(N(c2ccncc2)c2ccc(-c3cccc(B4c5ccccc5[Si]5(c6ccccc64)c4ccccc4B4c6ccccc6Oc6cccc5c64)c3)cc2)cc1. The highest BCUT2D eigenvalue weighted by molar-refractivity contribution is 7.31. The molecule has 12 rings (SSSR count). The van der Waals surface area contributed by atoms with E-state index < -0.39 is 8.07 Å². The summed E-state index contributed by atoms with van der Waals surface area (Å²) in [5.41, 5.74) is 13.7. The number of ether oxygens (including phenoxy) is 1. The van der Waals surface area contributed by atoms with E-state index in [-0.39, 0.29) is 13.4 Å². The lowest BCUT2D eigenvalue weighted by atomic mass is 9.35. The second-order valence-corrected chi connectivity index (χ2v) is 19.4. The zero-order valence-corrected chi connectivity index (χ0v) is 33.2. The largest absolute Gasteiger partial charge is 0.458 e. The molecule has 9 aromatic rings. The average Bonchev–Trinajstić information content (AvgIpc) is 3.31. The number of benzene rings is 8. The van der Waals surface area contributed by atoms with E-state index in [4.69, 9.17) is 4.74 Å². The van der Waals surface area contributed by atoms with Crippen molar-refractivity contribution in [2.45, 2.75) is 0 Å². The van der Waals surface area contributed by atoms with Crippen LogP contribution in [-0.2, 0) is 0 Å². The molecule has 3 nitrogen and oxygen atoms in total. The fraction of sp³-hybridized carbons (Fsp3) is 0. The van der Waals surface area contributed by atoms with Crippen LogP contribution in [0.3, 0.4) is 0 Å². The van der Waals surface area contributed by atoms with Crippen molar-refractivity contribution in [1.29, 1.82) is 0 Å². The van der Waals surface area contributed by atoms with E-state index in [1.165, 1.54) is 64.7 Å². The molecule has 0 amide bonds. The summed E-state index contributed by atoms with van der Waals surface area (Å²) >= 11 is 0. The van der Waals surface area contributed by atoms with Gasteiger partial charge in [0.05, 0.1) is 0 Å². The highest BCUT2D eigenvalue weighted by Crippen LogP contribution is 2.35. The van der Waals surface area contributed by atoms with E-state index in [0.717, 1.165) is 28.6 Å². The number of anilines is 3. The van der Waals surface area contributed by atoms with Gasteiger partial charge in [0.1, 0.15) is 11.5 Å². The summed E-state index contributed by atoms with van der Waals surface area (Å²) in [6.07, 6.45) is 3.70. The van der Waals surface area contributed by atoms with Gasteiger partial charge >= 0.3 is 0 Å². The maximum absolute atomic E-state index is 6.78. The first kappa shape index (κ1) is 33.9. The van der Waals surface area contributed by atoms with Gasteiger partial charge in [-0.05, 0) is 91.3 Å². The van der Waals surface area contributed by atoms with E-state index >= 15 is 0 Å². The smallest absolute Gasteiger partial charge is 0.250 e. The number of fused-ring (bicyclic) bond motifs is 10. The molecular formula is C53H36B2N2OSi. The lowest BCUT2D eigenvalue weighted by molar-refractivity contribution is 0.488. The van der Waals surface area contributed by atoms with E-state index in [2.05, 4.69) is 216 Å². The lowest BCUT2D eigenvalue weighted by Crippen LogP contribution is -2.93. The Balaban J connectivity index is 1.01.